The minimum absolute atomic E-state index is 0.244. The van der Waals surface area contributed by atoms with Gasteiger partial charge in [0.15, 0.2) is 0 Å². The average Bonchev–Trinajstić information content (AvgIpc) is 2.99. The van der Waals surface area contributed by atoms with Crippen LogP contribution in [0.2, 0.25) is 5.02 Å². The van der Waals surface area contributed by atoms with Crippen molar-refractivity contribution < 1.29 is 42.1 Å². The second-order valence-electron chi connectivity index (χ2n) is 10.2. The minimum atomic E-state index is -5.08. The summed E-state index contributed by atoms with van der Waals surface area (Å²) in [6.07, 6.45) is -5.08. The van der Waals surface area contributed by atoms with Crippen LogP contribution in [0.1, 0.15) is 16.7 Å². The van der Waals surface area contributed by atoms with Crippen molar-refractivity contribution in [3.8, 4) is 17.2 Å². The van der Waals surface area contributed by atoms with Crippen LogP contribution in [0.4, 0.5) is 13.2 Å². The summed E-state index contributed by atoms with van der Waals surface area (Å²) in [4.78, 5) is 40.3. The number of amides is 2. The van der Waals surface area contributed by atoms with Crippen LogP contribution in [0.3, 0.4) is 0 Å². The Hall–Kier alpha value is -3.81. The number of hydrogen-bond donors (Lipinski definition) is 1. The number of carbonyl (C=O) groups is 3. The number of methoxy groups -OCH3 is 1. The van der Waals surface area contributed by atoms with Crippen LogP contribution in [0.15, 0.2) is 65.1 Å². The molecule has 1 fully saturated rings. The van der Waals surface area contributed by atoms with Gasteiger partial charge in [-0.25, -0.2) is 4.79 Å². The number of halogens is 5. The monoisotopic (exact) mass is 713 g/mol. The number of hydrogen-bond acceptors (Lipinski definition) is 6. The van der Waals surface area contributed by atoms with Crippen molar-refractivity contribution in [2.24, 2.45) is 0 Å². The number of nitrogens with zero attached hydrogens (tertiary/aromatic N) is 3. The molecule has 0 aliphatic carbocycles. The number of piperazine rings is 1. The molecular formula is C31H32BrClF3N3O6. The highest BCUT2D eigenvalue weighted by Gasteiger charge is 2.38. The fourth-order valence-corrected chi connectivity index (χ4v) is 4.87. The molecule has 1 saturated heterocycles. The van der Waals surface area contributed by atoms with E-state index in [1.54, 1.807) is 25.1 Å². The van der Waals surface area contributed by atoms with E-state index in [0.717, 1.165) is 26.9 Å². The van der Waals surface area contributed by atoms with E-state index in [1.165, 1.54) is 4.90 Å². The number of aliphatic carboxylic acids is 1. The molecule has 3 aromatic rings. The maximum atomic E-state index is 13.1. The second-order valence-corrected chi connectivity index (χ2v) is 11.5. The Morgan fingerprint density at radius 1 is 0.956 bits per heavy atom. The van der Waals surface area contributed by atoms with E-state index < -0.39 is 24.0 Å². The van der Waals surface area contributed by atoms with Gasteiger partial charge in [0, 0.05) is 66.9 Å². The fourth-order valence-electron chi connectivity index (χ4n) is 4.33. The molecule has 4 rings (SSSR count). The fraction of sp³-hybridized carbons (Fsp3) is 0.323. The first-order valence-corrected chi connectivity index (χ1v) is 14.8. The van der Waals surface area contributed by atoms with E-state index in [9.17, 15) is 22.8 Å². The first kappa shape index (κ1) is 35.7. The van der Waals surface area contributed by atoms with Crippen LogP contribution < -0.4 is 9.47 Å². The van der Waals surface area contributed by atoms with E-state index in [4.69, 9.17) is 31.0 Å². The molecule has 45 heavy (non-hydrogen) atoms. The van der Waals surface area contributed by atoms with E-state index in [-0.39, 0.29) is 6.54 Å². The van der Waals surface area contributed by atoms with Crippen LogP contribution in [-0.2, 0) is 27.5 Å². The van der Waals surface area contributed by atoms with Crippen molar-refractivity contribution in [1.29, 1.82) is 0 Å². The maximum Gasteiger partial charge on any atom is 0.490 e. The standard InChI is InChI=1S/C29H31BrClN3O4.C2HF3O2/c1-20-4-9-25(10-5-20)38-27-17-23(30)7-6-21(27)18-32(2)28(35)29(36)34-14-12-33(13-15-34)19-22-16-24(31)8-11-26(22)37-3;3-2(4,5)1(6)7/h4-11,16-17H,12-15,18-19H2,1-3H3;(H,6,7). The molecule has 3 aromatic carbocycles. The van der Waals surface area contributed by atoms with Gasteiger partial charge in [-0.15, -0.1) is 0 Å². The summed E-state index contributed by atoms with van der Waals surface area (Å²) in [6, 6.07) is 19.0. The molecular weight excluding hydrogens is 683 g/mol. The van der Waals surface area contributed by atoms with Gasteiger partial charge >= 0.3 is 24.0 Å². The first-order chi connectivity index (χ1) is 21.2. The summed E-state index contributed by atoms with van der Waals surface area (Å²) in [5.74, 6) is -1.69. The van der Waals surface area contributed by atoms with Gasteiger partial charge in [-0.05, 0) is 49.4 Å². The largest absolute Gasteiger partial charge is 0.496 e. The Morgan fingerprint density at radius 3 is 2.16 bits per heavy atom. The number of rotatable bonds is 7. The summed E-state index contributed by atoms with van der Waals surface area (Å²) in [6.45, 7) is 5.17. The van der Waals surface area contributed by atoms with Crippen molar-refractivity contribution in [2.45, 2.75) is 26.2 Å². The summed E-state index contributed by atoms with van der Waals surface area (Å²) < 4.78 is 44.1. The Morgan fingerprint density at radius 2 is 1.58 bits per heavy atom. The summed E-state index contributed by atoms with van der Waals surface area (Å²) in [5.41, 5.74) is 2.94. The SMILES string of the molecule is COc1ccc(Cl)cc1CN1CCN(C(=O)C(=O)N(C)Cc2ccc(Br)cc2Oc2ccc(C)cc2)CC1.O=C(O)C(F)(F)F. The molecule has 1 N–H and O–H groups in total. The molecule has 0 bridgehead atoms. The molecule has 0 radical (unpaired) electrons. The van der Waals surface area contributed by atoms with E-state index in [2.05, 4.69) is 20.8 Å². The Bertz CT molecular complexity index is 1500. The second kappa shape index (κ2) is 16.0. The van der Waals surface area contributed by atoms with Crippen LogP contribution in [0.5, 0.6) is 17.2 Å². The molecule has 1 heterocycles. The molecule has 2 amide bonds. The predicted molar refractivity (Wildman–Crippen MR) is 165 cm³/mol. The Balaban J connectivity index is 0.000000707. The molecule has 0 unspecified atom stereocenters. The number of carboxylic acid groups (broad SMARTS) is 1. The predicted octanol–water partition coefficient (Wildman–Crippen LogP) is 6.15. The Labute approximate surface area is 272 Å². The number of benzene rings is 3. The lowest BCUT2D eigenvalue weighted by atomic mass is 10.1. The van der Waals surface area contributed by atoms with Gasteiger partial charge in [0.05, 0.1) is 7.11 Å². The third-order valence-corrected chi connectivity index (χ3v) is 7.48. The van der Waals surface area contributed by atoms with Crippen LogP contribution >= 0.6 is 27.5 Å². The maximum absolute atomic E-state index is 13.1. The number of alkyl halides is 3. The molecule has 1 aliphatic rings. The first-order valence-electron chi connectivity index (χ1n) is 13.6. The zero-order valence-electron chi connectivity index (χ0n) is 24.7. The van der Waals surface area contributed by atoms with Crippen LogP contribution in [-0.4, -0.2) is 84.1 Å². The van der Waals surface area contributed by atoms with Crippen molar-refractivity contribution >= 4 is 45.3 Å². The zero-order chi connectivity index (χ0) is 33.3. The lowest BCUT2D eigenvalue weighted by Gasteiger charge is -2.35. The molecule has 0 aromatic heterocycles. The van der Waals surface area contributed by atoms with Crippen LogP contribution in [0, 0.1) is 6.92 Å². The van der Waals surface area contributed by atoms with Gasteiger partial charge in [-0.1, -0.05) is 51.3 Å². The number of carbonyl (C=O) groups excluding carboxylic acids is 2. The highest BCUT2D eigenvalue weighted by molar-refractivity contribution is 9.10. The number of likely N-dealkylation sites (N-methyl/N-ethyl adjacent to an activating group) is 1. The molecule has 242 valence electrons. The average molecular weight is 715 g/mol. The van der Waals surface area contributed by atoms with E-state index in [0.29, 0.717) is 49.2 Å². The van der Waals surface area contributed by atoms with E-state index in [1.807, 2.05) is 61.5 Å². The minimum Gasteiger partial charge on any atom is -0.496 e. The third-order valence-electron chi connectivity index (χ3n) is 6.75. The molecule has 0 spiro atoms. The highest BCUT2D eigenvalue weighted by atomic mass is 79.9. The van der Waals surface area contributed by atoms with Gasteiger partial charge in [0.2, 0.25) is 0 Å². The van der Waals surface area contributed by atoms with E-state index >= 15 is 0 Å². The van der Waals surface area contributed by atoms with Gasteiger partial charge < -0.3 is 24.4 Å². The van der Waals surface area contributed by atoms with Crippen LogP contribution in [0.25, 0.3) is 0 Å². The van der Waals surface area contributed by atoms with Gasteiger partial charge in [0.25, 0.3) is 0 Å². The van der Waals surface area contributed by atoms with Crippen molar-refractivity contribution in [3.63, 3.8) is 0 Å². The summed E-state index contributed by atoms with van der Waals surface area (Å²) in [7, 11) is 3.27. The number of ether oxygens (including phenoxy) is 2. The van der Waals surface area contributed by atoms with Gasteiger partial charge in [0.1, 0.15) is 17.2 Å². The Kier molecular flexibility index (Phi) is 12.6. The van der Waals surface area contributed by atoms with Gasteiger partial charge in [-0.2, -0.15) is 13.2 Å². The van der Waals surface area contributed by atoms with Crippen molar-refractivity contribution in [2.75, 3.05) is 40.3 Å². The number of carboxylic acids is 1. The van der Waals surface area contributed by atoms with Crippen molar-refractivity contribution in [3.05, 3.63) is 86.8 Å². The highest BCUT2D eigenvalue weighted by Crippen LogP contribution is 2.30. The lowest BCUT2D eigenvalue weighted by Crippen LogP contribution is -2.52. The smallest absolute Gasteiger partial charge is 0.490 e. The normalized spacial score (nSPS) is 13.4. The molecule has 1 aliphatic heterocycles. The topological polar surface area (TPSA) is 99.6 Å². The summed E-state index contributed by atoms with van der Waals surface area (Å²) in [5, 5.41) is 7.78. The molecule has 0 atom stereocenters. The molecule has 14 heteroatoms. The molecule has 9 nitrogen and oxygen atoms in total. The van der Waals surface area contributed by atoms with Gasteiger partial charge in [-0.3, -0.25) is 14.5 Å². The number of aryl methyl sites for hydroxylation is 1. The zero-order valence-corrected chi connectivity index (χ0v) is 27.1. The quantitative estimate of drug-likeness (QED) is 0.294. The lowest BCUT2D eigenvalue weighted by molar-refractivity contribution is -0.192. The third kappa shape index (κ3) is 10.6. The molecule has 0 saturated carbocycles. The summed E-state index contributed by atoms with van der Waals surface area (Å²) >= 11 is 9.65. The van der Waals surface area contributed by atoms with Crippen molar-refractivity contribution in [1.82, 2.24) is 14.7 Å².